The summed E-state index contributed by atoms with van der Waals surface area (Å²) >= 11 is 0. The minimum absolute atomic E-state index is 0.0982. The fourth-order valence-corrected chi connectivity index (χ4v) is 3.64. The first kappa shape index (κ1) is 21.5. The van der Waals surface area contributed by atoms with E-state index in [-0.39, 0.29) is 17.9 Å². The zero-order valence-electron chi connectivity index (χ0n) is 16.0. The van der Waals surface area contributed by atoms with E-state index in [4.69, 9.17) is 0 Å². The third-order valence-electron chi connectivity index (χ3n) is 5.26. The lowest BCUT2D eigenvalue weighted by atomic mass is 10.1. The number of rotatable bonds is 4. The Hall–Kier alpha value is -2.20. The molecule has 1 aliphatic carbocycles. The van der Waals surface area contributed by atoms with Crippen molar-refractivity contribution in [2.24, 2.45) is 16.8 Å². The van der Waals surface area contributed by atoms with Crippen LogP contribution in [0.2, 0.25) is 0 Å². The van der Waals surface area contributed by atoms with Crippen LogP contribution in [-0.4, -0.2) is 36.8 Å². The van der Waals surface area contributed by atoms with Crippen molar-refractivity contribution in [2.75, 3.05) is 6.54 Å². The fraction of sp³-hybridized carbons (Fsp3) is 0.579. The number of carbonyl (C=O) groups excluding carboxylic acids is 1. The van der Waals surface area contributed by atoms with E-state index in [1.165, 1.54) is 12.1 Å². The average molecular weight is 415 g/mol. The van der Waals surface area contributed by atoms with E-state index in [1.807, 2.05) is 0 Å². The second-order valence-electron chi connectivity index (χ2n) is 7.75. The Morgan fingerprint density at radius 3 is 2.48 bits per heavy atom. The first-order valence-electron chi connectivity index (χ1n) is 9.66. The summed E-state index contributed by atoms with van der Waals surface area (Å²) in [6.07, 6.45) is -2.21. The molecule has 3 rings (SSSR count). The van der Waals surface area contributed by atoms with Crippen LogP contribution in [-0.2, 0) is 0 Å². The van der Waals surface area contributed by atoms with Crippen LogP contribution in [0.15, 0.2) is 29.3 Å². The highest BCUT2D eigenvalue weighted by molar-refractivity contribution is 6.05. The Labute approximate surface area is 166 Å². The summed E-state index contributed by atoms with van der Waals surface area (Å²) in [4.78, 5) is 16.9. The van der Waals surface area contributed by atoms with Gasteiger partial charge in [0.15, 0.2) is 5.96 Å². The van der Waals surface area contributed by atoms with Crippen LogP contribution in [0.5, 0.6) is 0 Å². The van der Waals surface area contributed by atoms with Crippen LogP contribution in [0.4, 0.5) is 17.6 Å². The number of amides is 1. The number of nitrogens with one attached hydrogen (secondary N) is 4. The molecule has 4 atom stereocenters. The van der Waals surface area contributed by atoms with Crippen molar-refractivity contribution in [1.82, 2.24) is 21.5 Å². The molecule has 1 aromatic carbocycles. The summed E-state index contributed by atoms with van der Waals surface area (Å²) < 4.78 is 51.7. The van der Waals surface area contributed by atoms with E-state index < -0.39 is 30.1 Å². The van der Waals surface area contributed by atoms with Gasteiger partial charge in [-0.05, 0) is 48.9 Å². The highest BCUT2D eigenvalue weighted by atomic mass is 19.4. The van der Waals surface area contributed by atoms with Crippen molar-refractivity contribution in [3.8, 4) is 0 Å². The highest BCUT2D eigenvalue weighted by Crippen LogP contribution is 2.30. The summed E-state index contributed by atoms with van der Waals surface area (Å²) in [7, 11) is 0. The molecule has 4 unspecified atom stereocenters. The van der Waals surface area contributed by atoms with Crippen LogP contribution in [0.3, 0.4) is 0 Å². The molecule has 1 heterocycles. The van der Waals surface area contributed by atoms with Crippen molar-refractivity contribution in [2.45, 2.75) is 51.0 Å². The molecule has 0 aromatic heterocycles. The largest absolute Gasteiger partial charge is 0.405 e. The standard InChI is InChI=1S/C19H25F4N5O/c1-11-2-3-12(8-11)10-24-18(25-16-9-15(27-28-16)19(21,22)23)26-17(29)13-4-6-14(20)7-5-13/h4-7,11-12,15-16,27-28H,2-3,8-10H2,1H3,(H2,24,25,26,29). The third kappa shape index (κ3) is 6.14. The molecule has 1 aromatic rings. The van der Waals surface area contributed by atoms with Gasteiger partial charge in [0.05, 0.1) is 6.17 Å². The van der Waals surface area contributed by atoms with E-state index in [1.54, 1.807) is 0 Å². The van der Waals surface area contributed by atoms with Gasteiger partial charge < -0.3 is 5.32 Å². The van der Waals surface area contributed by atoms with Gasteiger partial charge in [0.1, 0.15) is 11.9 Å². The van der Waals surface area contributed by atoms with Crippen molar-refractivity contribution < 1.29 is 22.4 Å². The van der Waals surface area contributed by atoms with Gasteiger partial charge in [-0.2, -0.15) is 13.2 Å². The number of hydrazine groups is 1. The molecule has 1 aliphatic heterocycles. The van der Waals surface area contributed by atoms with Crippen molar-refractivity contribution in [1.29, 1.82) is 0 Å². The minimum Gasteiger partial charge on any atom is -0.339 e. The van der Waals surface area contributed by atoms with Gasteiger partial charge in [-0.1, -0.05) is 13.3 Å². The molecule has 10 heteroatoms. The number of carbonyl (C=O) groups is 1. The number of nitrogens with zero attached hydrogens (tertiary/aromatic N) is 1. The molecule has 0 radical (unpaired) electrons. The predicted octanol–water partition coefficient (Wildman–Crippen LogP) is 2.69. The maximum atomic E-state index is 13.1. The van der Waals surface area contributed by atoms with Gasteiger partial charge in [-0.15, -0.1) is 0 Å². The van der Waals surface area contributed by atoms with Crippen LogP contribution in [0, 0.1) is 17.7 Å². The lowest BCUT2D eigenvalue weighted by molar-refractivity contribution is -0.153. The molecule has 0 spiro atoms. The molecule has 0 bridgehead atoms. The molecule has 1 saturated carbocycles. The first-order valence-corrected chi connectivity index (χ1v) is 9.66. The lowest BCUT2D eigenvalue weighted by Gasteiger charge is -2.18. The highest BCUT2D eigenvalue weighted by Gasteiger charge is 2.44. The minimum atomic E-state index is -4.38. The van der Waals surface area contributed by atoms with Crippen molar-refractivity contribution >= 4 is 11.9 Å². The van der Waals surface area contributed by atoms with Crippen molar-refractivity contribution in [3.05, 3.63) is 35.6 Å². The number of benzene rings is 1. The molecule has 1 saturated heterocycles. The molecule has 2 fully saturated rings. The monoisotopic (exact) mass is 415 g/mol. The SMILES string of the molecule is CC1CCC(CN=C(NC(=O)c2ccc(F)cc2)NC2CC(C(F)(F)F)NN2)C1. The zero-order chi connectivity index (χ0) is 21.0. The number of hydrogen-bond donors (Lipinski definition) is 4. The number of aliphatic imine (C=N–C) groups is 1. The summed E-state index contributed by atoms with van der Waals surface area (Å²) in [6, 6.07) is 3.29. The van der Waals surface area contributed by atoms with Gasteiger partial charge in [0.2, 0.25) is 0 Å². The van der Waals surface area contributed by atoms with Gasteiger partial charge >= 0.3 is 6.18 Å². The number of halogens is 4. The first-order chi connectivity index (χ1) is 13.7. The third-order valence-corrected chi connectivity index (χ3v) is 5.26. The molecule has 4 N–H and O–H groups in total. The molecule has 6 nitrogen and oxygen atoms in total. The quantitative estimate of drug-likeness (QED) is 0.347. The van der Waals surface area contributed by atoms with Gasteiger partial charge in [0.25, 0.3) is 5.91 Å². The number of guanidine groups is 1. The summed E-state index contributed by atoms with van der Waals surface area (Å²) in [5, 5.41) is 5.43. The van der Waals surface area contributed by atoms with Crippen LogP contribution in [0.25, 0.3) is 0 Å². The second kappa shape index (κ2) is 9.08. The van der Waals surface area contributed by atoms with E-state index in [2.05, 4.69) is 33.4 Å². The Morgan fingerprint density at radius 1 is 1.17 bits per heavy atom. The second-order valence-corrected chi connectivity index (χ2v) is 7.75. The number of hydrogen-bond acceptors (Lipinski definition) is 4. The van der Waals surface area contributed by atoms with Crippen LogP contribution >= 0.6 is 0 Å². The lowest BCUT2D eigenvalue weighted by Crippen LogP contribution is -2.51. The van der Waals surface area contributed by atoms with E-state index >= 15 is 0 Å². The maximum Gasteiger partial charge on any atom is 0.405 e. The fourth-order valence-electron chi connectivity index (χ4n) is 3.64. The predicted molar refractivity (Wildman–Crippen MR) is 100 cm³/mol. The molecule has 1 amide bonds. The van der Waals surface area contributed by atoms with Crippen molar-refractivity contribution in [3.63, 3.8) is 0 Å². The summed E-state index contributed by atoms with van der Waals surface area (Å²) in [5.41, 5.74) is 4.96. The number of alkyl halides is 3. The van der Waals surface area contributed by atoms with E-state index in [9.17, 15) is 22.4 Å². The van der Waals surface area contributed by atoms with Crippen LogP contribution < -0.4 is 21.5 Å². The normalized spacial score (nSPS) is 27.8. The Bertz CT molecular complexity index is 737. The van der Waals surface area contributed by atoms with E-state index in [0.29, 0.717) is 18.4 Å². The summed E-state index contributed by atoms with van der Waals surface area (Å²) in [6.45, 7) is 2.64. The Balaban J connectivity index is 1.66. The summed E-state index contributed by atoms with van der Waals surface area (Å²) in [5.74, 6) is 0.106. The average Bonchev–Trinajstić information content (AvgIpc) is 3.29. The van der Waals surface area contributed by atoms with Gasteiger partial charge in [0, 0.05) is 18.5 Å². The van der Waals surface area contributed by atoms with Gasteiger partial charge in [-0.25, -0.2) is 15.2 Å². The molecule has 29 heavy (non-hydrogen) atoms. The molecular formula is C19H25F4N5O. The zero-order valence-corrected chi connectivity index (χ0v) is 16.0. The van der Waals surface area contributed by atoms with Gasteiger partial charge in [-0.3, -0.25) is 15.1 Å². The van der Waals surface area contributed by atoms with Crippen LogP contribution in [0.1, 0.15) is 43.0 Å². The Morgan fingerprint density at radius 2 is 1.90 bits per heavy atom. The maximum absolute atomic E-state index is 13.1. The van der Waals surface area contributed by atoms with E-state index in [0.717, 1.165) is 31.4 Å². The Kier molecular flexibility index (Phi) is 6.74. The molecule has 160 valence electrons. The molecular weight excluding hydrogens is 390 g/mol. The smallest absolute Gasteiger partial charge is 0.339 e. The topological polar surface area (TPSA) is 77.5 Å². The molecule has 2 aliphatic rings.